The number of nitrogens with one attached hydrogen (secondary N) is 2. The number of anilines is 2. The second kappa shape index (κ2) is 10.7. The molecule has 1 aliphatic rings. The first kappa shape index (κ1) is 22.4. The smallest absolute Gasteiger partial charge is 0.337 e. The van der Waals surface area contributed by atoms with Gasteiger partial charge in [-0.3, -0.25) is 4.79 Å². The highest BCUT2D eigenvalue weighted by atomic mass is 16.5. The zero-order chi connectivity index (χ0) is 22.2. The van der Waals surface area contributed by atoms with E-state index >= 15 is 0 Å². The van der Waals surface area contributed by atoms with Crippen molar-refractivity contribution in [2.45, 2.75) is 6.92 Å². The first-order chi connectivity index (χ1) is 15.0. The Bertz CT molecular complexity index is 893. The van der Waals surface area contributed by atoms with Gasteiger partial charge in [0.05, 0.1) is 63.9 Å². The van der Waals surface area contributed by atoms with Crippen LogP contribution in [0.1, 0.15) is 17.3 Å². The fourth-order valence-corrected chi connectivity index (χ4v) is 3.58. The summed E-state index contributed by atoms with van der Waals surface area (Å²) in [5.74, 6) is 0.526. The Morgan fingerprint density at radius 2 is 1.71 bits per heavy atom. The first-order valence-corrected chi connectivity index (χ1v) is 10.4. The number of carbonyl (C=O) groups excluding carboxylic acids is 2. The summed E-state index contributed by atoms with van der Waals surface area (Å²) in [5, 5.41) is 2.90. The number of likely N-dealkylation sites (N-methyl/N-ethyl adjacent to an activating group) is 1. The summed E-state index contributed by atoms with van der Waals surface area (Å²) in [5.41, 5.74) is 1.85. The number of piperazine rings is 1. The number of quaternary nitrogens is 1. The highest BCUT2D eigenvalue weighted by Gasteiger charge is 2.22. The van der Waals surface area contributed by atoms with E-state index in [1.54, 1.807) is 48.4 Å². The summed E-state index contributed by atoms with van der Waals surface area (Å²) in [6.07, 6.45) is 0. The lowest BCUT2D eigenvalue weighted by Gasteiger charge is -2.34. The van der Waals surface area contributed by atoms with Gasteiger partial charge in [-0.1, -0.05) is 0 Å². The van der Waals surface area contributed by atoms with Gasteiger partial charge in [-0.2, -0.15) is 0 Å². The van der Waals surface area contributed by atoms with Gasteiger partial charge in [0.15, 0.2) is 6.61 Å². The van der Waals surface area contributed by atoms with Gasteiger partial charge in [-0.15, -0.1) is 0 Å². The van der Waals surface area contributed by atoms with Crippen LogP contribution in [0.15, 0.2) is 42.5 Å². The maximum Gasteiger partial charge on any atom is 0.337 e. The van der Waals surface area contributed by atoms with Gasteiger partial charge in [0.2, 0.25) is 0 Å². The summed E-state index contributed by atoms with van der Waals surface area (Å²) < 4.78 is 15.5. The van der Waals surface area contributed by atoms with E-state index in [1.807, 2.05) is 6.07 Å². The number of hydrogen-bond acceptors (Lipinski definition) is 6. The lowest BCUT2D eigenvalue weighted by atomic mass is 10.1. The second-order valence-corrected chi connectivity index (χ2v) is 7.33. The van der Waals surface area contributed by atoms with Crippen LogP contribution in [0.3, 0.4) is 0 Å². The predicted octanol–water partition coefficient (Wildman–Crippen LogP) is 1.22. The monoisotopic (exact) mass is 428 g/mol. The maximum atomic E-state index is 12.6. The summed E-state index contributed by atoms with van der Waals surface area (Å²) >= 11 is 0. The molecule has 1 saturated heterocycles. The summed E-state index contributed by atoms with van der Waals surface area (Å²) in [6.45, 7) is 6.96. The van der Waals surface area contributed by atoms with Crippen molar-refractivity contribution in [2.75, 3.05) is 63.8 Å². The van der Waals surface area contributed by atoms with Crippen LogP contribution in [-0.2, 0) is 9.53 Å². The third-order valence-electron chi connectivity index (χ3n) is 5.43. The van der Waals surface area contributed by atoms with E-state index in [0.29, 0.717) is 22.7 Å². The zero-order valence-electron chi connectivity index (χ0n) is 18.3. The normalized spacial score (nSPS) is 14.1. The van der Waals surface area contributed by atoms with Crippen LogP contribution in [0.5, 0.6) is 11.5 Å². The van der Waals surface area contributed by atoms with Crippen molar-refractivity contribution in [3.05, 3.63) is 48.0 Å². The van der Waals surface area contributed by atoms with Crippen LogP contribution in [0.25, 0.3) is 0 Å². The number of ether oxygens (including phenoxy) is 3. The number of carbonyl (C=O) groups is 2. The van der Waals surface area contributed by atoms with Crippen LogP contribution in [0, 0.1) is 0 Å². The van der Waals surface area contributed by atoms with Gasteiger partial charge >= 0.3 is 5.97 Å². The highest BCUT2D eigenvalue weighted by molar-refractivity contribution is 5.98. The molecule has 3 rings (SSSR count). The van der Waals surface area contributed by atoms with Gasteiger partial charge in [-0.25, -0.2) is 4.79 Å². The Labute approximate surface area is 182 Å². The molecule has 0 aliphatic carbocycles. The molecule has 166 valence electrons. The third kappa shape index (κ3) is 5.88. The van der Waals surface area contributed by atoms with Gasteiger partial charge in [0, 0.05) is 0 Å². The number of esters is 1. The van der Waals surface area contributed by atoms with E-state index < -0.39 is 5.97 Å². The molecule has 8 heteroatoms. The number of nitrogens with zero attached hydrogens (tertiary/aromatic N) is 1. The summed E-state index contributed by atoms with van der Waals surface area (Å²) in [7, 11) is 2.93. The Hall–Kier alpha value is -3.26. The van der Waals surface area contributed by atoms with Crippen LogP contribution in [0.4, 0.5) is 11.4 Å². The van der Waals surface area contributed by atoms with E-state index in [9.17, 15) is 9.59 Å². The van der Waals surface area contributed by atoms with Crippen molar-refractivity contribution in [3.63, 3.8) is 0 Å². The molecule has 0 bridgehead atoms. The van der Waals surface area contributed by atoms with Crippen molar-refractivity contribution in [2.24, 2.45) is 0 Å². The minimum atomic E-state index is -0.447. The summed E-state index contributed by atoms with van der Waals surface area (Å²) in [4.78, 5) is 28.4. The Morgan fingerprint density at radius 3 is 2.32 bits per heavy atom. The van der Waals surface area contributed by atoms with E-state index in [0.717, 1.165) is 38.4 Å². The minimum absolute atomic E-state index is 0.151. The fraction of sp³-hybridized carbons (Fsp3) is 0.391. The predicted molar refractivity (Wildman–Crippen MR) is 118 cm³/mol. The number of rotatable bonds is 8. The van der Waals surface area contributed by atoms with Crippen LogP contribution >= 0.6 is 0 Å². The zero-order valence-corrected chi connectivity index (χ0v) is 18.3. The molecular formula is C23H30N3O5+. The van der Waals surface area contributed by atoms with E-state index in [4.69, 9.17) is 14.2 Å². The largest absolute Gasteiger partial charge is 0.497 e. The van der Waals surface area contributed by atoms with Gasteiger partial charge in [0.25, 0.3) is 5.91 Å². The molecular weight excluding hydrogens is 398 g/mol. The fourth-order valence-electron chi connectivity index (χ4n) is 3.58. The molecule has 1 fully saturated rings. The third-order valence-corrected chi connectivity index (χ3v) is 5.43. The average molecular weight is 429 g/mol. The topological polar surface area (TPSA) is 81.5 Å². The molecule has 0 spiro atoms. The molecule has 2 aromatic rings. The first-order valence-electron chi connectivity index (χ1n) is 10.4. The Balaban J connectivity index is 1.71. The number of benzene rings is 2. The standard InChI is InChI=1S/C23H29N3O5/c1-4-25-11-13-26(14-12-25)21-10-5-17(23(28)30-3)15-20(21)24-22(27)16-31-19-8-6-18(29-2)7-9-19/h5-10,15H,4,11-14,16H2,1-3H3,(H,24,27)/p+1. The van der Waals surface area contributed by atoms with E-state index in [-0.39, 0.29) is 12.5 Å². The molecule has 1 amide bonds. The average Bonchev–Trinajstić information content (AvgIpc) is 2.82. The van der Waals surface area contributed by atoms with Crippen molar-refractivity contribution in [1.82, 2.24) is 0 Å². The van der Waals surface area contributed by atoms with Crippen molar-refractivity contribution in [3.8, 4) is 11.5 Å². The van der Waals surface area contributed by atoms with Gasteiger partial charge < -0.3 is 29.3 Å². The van der Waals surface area contributed by atoms with Crippen molar-refractivity contribution < 1.29 is 28.7 Å². The highest BCUT2D eigenvalue weighted by Crippen LogP contribution is 2.28. The molecule has 0 aromatic heterocycles. The van der Waals surface area contributed by atoms with Gasteiger partial charge in [0.1, 0.15) is 11.5 Å². The van der Waals surface area contributed by atoms with E-state index in [1.165, 1.54) is 7.11 Å². The molecule has 1 heterocycles. The SMILES string of the molecule is CC[NH+]1CCN(c2ccc(C(=O)OC)cc2NC(=O)COc2ccc(OC)cc2)CC1. The molecule has 8 nitrogen and oxygen atoms in total. The van der Waals surface area contributed by atoms with Crippen molar-refractivity contribution in [1.29, 1.82) is 0 Å². The van der Waals surface area contributed by atoms with E-state index in [2.05, 4.69) is 17.1 Å². The van der Waals surface area contributed by atoms with Crippen LogP contribution < -0.4 is 24.6 Å². The van der Waals surface area contributed by atoms with Gasteiger partial charge in [-0.05, 0) is 49.4 Å². The molecule has 0 atom stereocenters. The van der Waals surface area contributed by atoms with Crippen LogP contribution in [-0.4, -0.2) is 65.4 Å². The quantitative estimate of drug-likeness (QED) is 0.616. The molecule has 1 aliphatic heterocycles. The lowest BCUT2D eigenvalue weighted by Crippen LogP contribution is -3.14. The minimum Gasteiger partial charge on any atom is -0.497 e. The van der Waals surface area contributed by atoms with Crippen LogP contribution in [0.2, 0.25) is 0 Å². The molecule has 0 unspecified atom stereocenters. The molecule has 0 radical (unpaired) electrons. The molecule has 31 heavy (non-hydrogen) atoms. The summed E-state index contributed by atoms with van der Waals surface area (Å²) in [6, 6.07) is 12.3. The molecule has 2 aromatic carbocycles. The lowest BCUT2D eigenvalue weighted by molar-refractivity contribution is -0.898. The number of methoxy groups -OCH3 is 2. The van der Waals surface area contributed by atoms with Crippen molar-refractivity contribution >= 4 is 23.3 Å². The maximum absolute atomic E-state index is 12.6. The number of amides is 1. The number of hydrogen-bond donors (Lipinski definition) is 2. The molecule has 0 saturated carbocycles. The second-order valence-electron chi connectivity index (χ2n) is 7.33. The molecule has 2 N–H and O–H groups in total. The Morgan fingerprint density at radius 1 is 1.03 bits per heavy atom. The Kier molecular flexibility index (Phi) is 7.72.